The normalized spacial score (nSPS) is 10.6. The number of hydrogen-bond acceptors (Lipinski definition) is 3. The van der Waals surface area contributed by atoms with Gasteiger partial charge in [-0.15, -0.1) is 0 Å². The molecule has 21 heavy (non-hydrogen) atoms. The van der Waals surface area contributed by atoms with Gasteiger partial charge in [-0.05, 0) is 42.5 Å². The molecule has 5 nitrogen and oxygen atoms in total. The number of pyridine rings is 1. The summed E-state index contributed by atoms with van der Waals surface area (Å²) in [4.78, 5) is 20.9. The van der Waals surface area contributed by atoms with E-state index in [1.807, 2.05) is 36.5 Å². The van der Waals surface area contributed by atoms with Gasteiger partial charge < -0.3 is 15.2 Å². The van der Waals surface area contributed by atoms with Crippen molar-refractivity contribution in [1.29, 1.82) is 0 Å². The number of rotatable bonds is 3. The van der Waals surface area contributed by atoms with Crippen molar-refractivity contribution in [3.05, 3.63) is 54.2 Å². The molecule has 2 N–H and O–H groups in total. The van der Waals surface area contributed by atoms with Crippen molar-refractivity contribution in [3.8, 4) is 0 Å². The molecular weight excluding hydrogens is 264 g/mol. The Hall–Kier alpha value is -2.82. The highest BCUT2D eigenvalue weighted by Gasteiger charge is 2.07. The molecule has 1 aromatic carbocycles. The predicted molar refractivity (Wildman–Crippen MR) is 83.8 cm³/mol. The van der Waals surface area contributed by atoms with Gasteiger partial charge in [-0.3, -0.25) is 4.79 Å². The number of anilines is 2. The Balaban J connectivity index is 1.79. The van der Waals surface area contributed by atoms with Gasteiger partial charge in [0.15, 0.2) is 0 Å². The number of H-pyrrole nitrogens is 1. The lowest BCUT2D eigenvalue weighted by Gasteiger charge is -2.11. The van der Waals surface area contributed by atoms with Crippen molar-refractivity contribution < 1.29 is 4.79 Å². The van der Waals surface area contributed by atoms with Crippen molar-refractivity contribution in [2.24, 2.45) is 0 Å². The maximum absolute atomic E-state index is 11.8. The van der Waals surface area contributed by atoms with Crippen LogP contribution in [0.4, 0.5) is 11.5 Å². The molecule has 1 amide bonds. The van der Waals surface area contributed by atoms with Crippen LogP contribution >= 0.6 is 0 Å². The molecule has 0 saturated heterocycles. The fraction of sp³-hybridized carbons (Fsp3) is 0.125. The van der Waals surface area contributed by atoms with Crippen LogP contribution in [0.2, 0.25) is 0 Å². The van der Waals surface area contributed by atoms with Gasteiger partial charge >= 0.3 is 0 Å². The Morgan fingerprint density at radius 1 is 1.10 bits per heavy atom. The molecule has 2 heterocycles. The average Bonchev–Trinajstić information content (AvgIpc) is 2.95. The van der Waals surface area contributed by atoms with Crippen LogP contribution in [0, 0.1) is 0 Å². The molecule has 0 bridgehead atoms. The van der Waals surface area contributed by atoms with E-state index in [1.165, 1.54) is 0 Å². The highest BCUT2D eigenvalue weighted by atomic mass is 16.2. The van der Waals surface area contributed by atoms with Gasteiger partial charge in [0.05, 0.1) is 0 Å². The molecule has 0 saturated carbocycles. The first-order chi connectivity index (χ1) is 10.1. The Morgan fingerprint density at radius 3 is 2.57 bits per heavy atom. The summed E-state index contributed by atoms with van der Waals surface area (Å²) in [6, 6.07) is 13.3. The van der Waals surface area contributed by atoms with E-state index in [2.05, 4.69) is 15.3 Å². The van der Waals surface area contributed by atoms with Crippen LogP contribution in [-0.4, -0.2) is 34.9 Å². The van der Waals surface area contributed by atoms with Gasteiger partial charge in [-0.25, -0.2) is 4.98 Å². The highest BCUT2D eigenvalue weighted by Crippen LogP contribution is 2.18. The minimum absolute atomic E-state index is 0.00696. The molecule has 0 aliphatic rings. The summed E-state index contributed by atoms with van der Waals surface area (Å²) >= 11 is 0. The molecule has 106 valence electrons. The lowest BCUT2D eigenvalue weighted by molar-refractivity contribution is 0.0827. The molecule has 0 unspecified atom stereocenters. The number of carbonyl (C=O) groups is 1. The van der Waals surface area contributed by atoms with E-state index in [9.17, 15) is 4.79 Å². The zero-order chi connectivity index (χ0) is 14.8. The number of amides is 1. The minimum atomic E-state index is -0.00696. The molecule has 0 aliphatic heterocycles. The summed E-state index contributed by atoms with van der Waals surface area (Å²) in [5.41, 5.74) is 2.40. The second-order valence-electron chi connectivity index (χ2n) is 5.01. The molecular formula is C16H16N4O. The third-order valence-electron chi connectivity index (χ3n) is 3.22. The van der Waals surface area contributed by atoms with Crippen molar-refractivity contribution in [1.82, 2.24) is 14.9 Å². The first-order valence-corrected chi connectivity index (χ1v) is 6.66. The SMILES string of the molecule is CN(C)C(=O)c1ccc(Nc2ccc3cc[nH]c3n2)cc1. The van der Waals surface area contributed by atoms with E-state index in [-0.39, 0.29) is 5.91 Å². The Bertz CT molecular complexity index is 774. The number of benzene rings is 1. The molecule has 0 radical (unpaired) electrons. The quantitative estimate of drug-likeness (QED) is 0.775. The second-order valence-corrected chi connectivity index (χ2v) is 5.01. The number of carbonyl (C=O) groups excluding carboxylic acids is 1. The topological polar surface area (TPSA) is 61.0 Å². The Morgan fingerprint density at radius 2 is 1.86 bits per heavy atom. The molecule has 2 aromatic heterocycles. The average molecular weight is 280 g/mol. The second kappa shape index (κ2) is 5.28. The molecule has 5 heteroatoms. The number of fused-ring (bicyclic) bond motifs is 1. The largest absolute Gasteiger partial charge is 0.346 e. The van der Waals surface area contributed by atoms with Crippen LogP contribution in [0.3, 0.4) is 0 Å². The molecule has 3 rings (SSSR count). The molecule has 0 aliphatic carbocycles. The van der Waals surface area contributed by atoms with Gasteiger partial charge in [0, 0.05) is 36.9 Å². The summed E-state index contributed by atoms with van der Waals surface area (Å²) in [7, 11) is 3.48. The zero-order valence-corrected chi connectivity index (χ0v) is 11.9. The van der Waals surface area contributed by atoms with E-state index in [0.717, 1.165) is 22.5 Å². The predicted octanol–water partition coefficient (Wildman–Crippen LogP) is 3.01. The van der Waals surface area contributed by atoms with Gasteiger partial charge in [0.2, 0.25) is 0 Å². The van der Waals surface area contributed by atoms with E-state index in [1.54, 1.807) is 31.1 Å². The van der Waals surface area contributed by atoms with E-state index in [4.69, 9.17) is 0 Å². The third-order valence-corrected chi connectivity index (χ3v) is 3.22. The lowest BCUT2D eigenvalue weighted by atomic mass is 10.2. The van der Waals surface area contributed by atoms with E-state index >= 15 is 0 Å². The minimum Gasteiger partial charge on any atom is -0.346 e. The summed E-state index contributed by atoms with van der Waals surface area (Å²) in [5.74, 6) is 0.754. The van der Waals surface area contributed by atoms with Crippen molar-refractivity contribution in [3.63, 3.8) is 0 Å². The first-order valence-electron chi connectivity index (χ1n) is 6.66. The van der Waals surface area contributed by atoms with Gasteiger partial charge in [-0.1, -0.05) is 0 Å². The highest BCUT2D eigenvalue weighted by molar-refractivity contribution is 5.94. The summed E-state index contributed by atoms with van der Waals surface area (Å²) < 4.78 is 0. The fourth-order valence-corrected chi connectivity index (χ4v) is 2.10. The van der Waals surface area contributed by atoms with Gasteiger partial charge in [-0.2, -0.15) is 0 Å². The smallest absolute Gasteiger partial charge is 0.253 e. The number of nitrogens with one attached hydrogen (secondary N) is 2. The van der Waals surface area contributed by atoms with Gasteiger partial charge in [0.1, 0.15) is 11.5 Å². The lowest BCUT2D eigenvalue weighted by Crippen LogP contribution is -2.21. The Labute approximate surface area is 122 Å². The molecule has 0 atom stereocenters. The number of hydrogen-bond donors (Lipinski definition) is 2. The van der Waals surface area contributed by atoms with Crippen LogP contribution in [0.5, 0.6) is 0 Å². The Kier molecular flexibility index (Phi) is 3.31. The van der Waals surface area contributed by atoms with E-state index < -0.39 is 0 Å². The van der Waals surface area contributed by atoms with Crippen LogP contribution in [0.1, 0.15) is 10.4 Å². The van der Waals surface area contributed by atoms with Crippen LogP contribution in [-0.2, 0) is 0 Å². The van der Waals surface area contributed by atoms with Crippen LogP contribution in [0.25, 0.3) is 11.0 Å². The number of aromatic amines is 1. The molecule has 3 aromatic rings. The summed E-state index contributed by atoms with van der Waals surface area (Å²) in [5, 5.41) is 4.30. The van der Waals surface area contributed by atoms with Gasteiger partial charge in [0.25, 0.3) is 5.91 Å². The molecule has 0 fully saturated rings. The molecule has 0 spiro atoms. The van der Waals surface area contributed by atoms with Crippen LogP contribution in [0.15, 0.2) is 48.7 Å². The maximum atomic E-state index is 11.8. The zero-order valence-electron chi connectivity index (χ0n) is 11.9. The third kappa shape index (κ3) is 2.72. The fourth-order valence-electron chi connectivity index (χ4n) is 2.10. The summed E-state index contributed by atoms with van der Waals surface area (Å²) in [6.45, 7) is 0. The number of aromatic nitrogens is 2. The first kappa shape index (κ1) is 13.2. The van der Waals surface area contributed by atoms with Crippen LogP contribution < -0.4 is 5.32 Å². The van der Waals surface area contributed by atoms with E-state index in [0.29, 0.717) is 5.56 Å². The monoisotopic (exact) mass is 280 g/mol. The maximum Gasteiger partial charge on any atom is 0.253 e. The standard InChI is InChI=1S/C16H16N4O/c1-20(2)16(21)12-3-6-13(7-4-12)18-14-8-5-11-9-10-17-15(11)19-14/h3-10H,1-2H3,(H2,17,18,19). The number of nitrogens with zero attached hydrogens (tertiary/aromatic N) is 2. The summed E-state index contributed by atoms with van der Waals surface area (Å²) in [6.07, 6.45) is 1.86. The van der Waals surface area contributed by atoms with Crippen molar-refractivity contribution in [2.45, 2.75) is 0 Å². The van der Waals surface area contributed by atoms with Crippen molar-refractivity contribution >= 4 is 28.4 Å². The van der Waals surface area contributed by atoms with Crippen molar-refractivity contribution in [2.75, 3.05) is 19.4 Å².